The van der Waals surface area contributed by atoms with Crippen LogP contribution >= 0.6 is 0 Å². The number of benzene rings is 7. The van der Waals surface area contributed by atoms with Crippen molar-refractivity contribution in [3.8, 4) is 27.9 Å². The van der Waals surface area contributed by atoms with Gasteiger partial charge in [0.2, 0.25) is 5.69 Å². The molecule has 0 amide bonds. The highest BCUT2D eigenvalue weighted by Crippen LogP contribution is 2.53. The van der Waals surface area contributed by atoms with Gasteiger partial charge in [-0.1, -0.05) is 141 Å². The van der Waals surface area contributed by atoms with E-state index in [1.165, 1.54) is 33.3 Å². The average Bonchev–Trinajstić information content (AvgIpc) is 3.49. The molecule has 7 aromatic carbocycles. The second kappa shape index (κ2) is 11.1. The molecule has 0 aliphatic carbocycles. The van der Waals surface area contributed by atoms with Crippen LogP contribution in [0.25, 0.3) is 54.6 Å². The Morgan fingerprint density at radius 2 is 1.10 bits per heavy atom. The topological polar surface area (TPSA) is 12.5 Å². The van der Waals surface area contributed by atoms with E-state index in [0.717, 1.165) is 44.7 Å². The summed E-state index contributed by atoms with van der Waals surface area (Å²) in [6, 6.07) is 58.1. The second-order valence-electron chi connectivity index (χ2n) is 13.2. The normalized spacial score (nSPS) is 13.2. The Kier molecular flexibility index (Phi) is 6.54. The van der Waals surface area contributed by atoms with Crippen LogP contribution in [0.5, 0.6) is 0 Å². The molecule has 1 aromatic heterocycles. The quantitative estimate of drug-likeness (QED) is 0.177. The van der Waals surface area contributed by atoms with E-state index in [2.05, 4.69) is 180 Å². The number of fused-ring (bicyclic) bond motifs is 5. The van der Waals surface area contributed by atoms with Crippen LogP contribution in [-0.2, 0) is 5.41 Å². The van der Waals surface area contributed by atoms with Crippen LogP contribution < -0.4 is 4.90 Å². The second-order valence-corrected chi connectivity index (χ2v) is 13.2. The third kappa shape index (κ3) is 4.35. The van der Waals surface area contributed by atoms with Crippen LogP contribution in [0.15, 0.2) is 164 Å². The van der Waals surface area contributed by atoms with E-state index in [9.17, 15) is 0 Å². The molecular weight excluding hydrogens is 595 g/mol. The van der Waals surface area contributed by atoms with Crippen LogP contribution in [0.1, 0.15) is 25.0 Å². The molecule has 3 nitrogen and oxygen atoms in total. The summed E-state index contributed by atoms with van der Waals surface area (Å²) in [5, 5.41) is 2.35. The molecule has 3 heteroatoms. The van der Waals surface area contributed by atoms with Gasteiger partial charge in [-0.15, -0.1) is 0 Å². The number of rotatable bonds is 4. The highest BCUT2D eigenvalue weighted by molar-refractivity contribution is 6.10. The highest BCUT2D eigenvalue weighted by Gasteiger charge is 2.37. The third-order valence-electron chi connectivity index (χ3n) is 10.2. The number of nitrogens with zero attached hydrogens (tertiary/aromatic N) is 3. The van der Waals surface area contributed by atoms with Gasteiger partial charge in [0.05, 0.1) is 34.7 Å². The SMILES string of the molecule is [C-]#[N+]c1cccc(-c2ccccc2-c2ccc3c(c2)N(c2ccccc2)c2ccccc2C3(C)C)c1-n1c2ccccc2c2ccccc21. The van der Waals surface area contributed by atoms with E-state index in [4.69, 9.17) is 6.57 Å². The highest BCUT2D eigenvalue weighted by atomic mass is 15.2. The van der Waals surface area contributed by atoms with Crippen LogP contribution in [0, 0.1) is 6.57 Å². The summed E-state index contributed by atoms with van der Waals surface area (Å²) < 4.78 is 2.29. The summed E-state index contributed by atoms with van der Waals surface area (Å²) in [4.78, 5) is 6.50. The van der Waals surface area contributed by atoms with Gasteiger partial charge in [-0.3, -0.25) is 0 Å². The van der Waals surface area contributed by atoms with Crippen molar-refractivity contribution in [2.24, 2.45) is 0 Å². The van der Waals surface area contributed by atoms with Crippen molar-refractivity contribution in [3.05, 3.63) is 186 Å². The number of hydrogen-bond donors (Lipinski definition) is 0. The molecule has 0 N–H and O–H groups in total. The van der Waals surface area contributed by atoms with Crippen molar-refractivity contribution in [1.82, 2.24) is 4.57 Å². The van der Waals surface area contributed by atoms with Crippen molar-refractivity contribution in [1.29, 1.82) is 0 Å². The van der Waals surface area contributed by atoms with Crippen LogP contribution in [0.4, 0.5) is 22.7 Å². The largest absolute Gasteiger partial charge is 0.318 e. The van der Waals surface area contributed by atoms with Gasteiger partial charge < -0.3 is 9.47 Å². The fourth-order valence-electron chi connectivity index (χ4n) is 7.95. The predicted octanol–water partition coefficient (Wildman–Crippen LogP) is 12.8. The molecule has 0 saturated heterocycles. The molecule has 0 spiro atoms. The fourth-order valence-corrected chi connectivity index (χ4v) is 7.95. The van der Waals surface area contributed by atoms with Crippen molar-refractivity contribution >= 4 is 44.6 Å². The maximum atomic E-state index is 8.29. The molecule has 1 aliphatic rings. The Bertz CT molecular complexity index is 2550. The lowest BCUT2D eigenvalue weighted by molar-refractivity contribution is 0.632. The molecule has 0 atom stereocenters. The summed E-state index contributed by atoms with van der Waals surface area (Å²) in [5.74, 6) is 0. The summed E-state index contributed by atoms with van der Waals surface area (Å²) >= 11 is 0. The molecule has 1 aliphatic heterocycles. The van der Waals surface area contributed by atoms with Crippen LogP contribution in [-0.4, -0.2) is 4.57 Å². The van der Waals surface area contributed by atoms with Crippen molar-refractivity contribution < 1.29 is 0 Å². The zero-order valence-electron chi connectivity index (χ0n) is 27.4. The molecule has 9 rings (SSSR count). The van der Waals surface area contributed by atoms with E-state index < -0.39 is 0 Å². The molecule has 0 saturated carbocycles. The maximum Gasteiger partial charge on any atom is 0.211 e. The third-order valence-corrected chi connectivity index (χ3v) is 10.2. The van der Waals surface area contributed by atoms with Crippen molar-refractivity contribution in [3.63, 3.8) is 0 Å². The molecule has 49 heavy (non-hydrogen) atoms. The minimum atomic E-state index is -0.178. The van der Waals surface area contributed by atoms with Crippen LogP contribution in [0.3, 0.4) is 0 Å². The van der Waals surface area contributed by atoms with E-state index in [1.54, 1.807) is 0 Å². The summed E-state index contributed by atoms with van der Waals surface area (Å²) in [7, 11) is 0. The van der Waals surface area contributed by atoms with Gasteiger partial charge in [-0.05, 0) is 69.8 Å². The van der Waals surface area contributed by atoms with E-state index >= 15 is 0 Å². The number of anilines is 3. The number of hydrogen-bond acceptors (Lipinski definition) is 1. The first kappa shape index (κ1) is 28.8. The summed E-state index contributed by atoms with van der Waals surface area (Å²) in [5.41, 5.74) is 14.0. The molecule has 0 fully saturated rings. The van der Waals surface area contributed by atoms with Crippen molar-refractivity contribution in [2.75, 3.05) is 4.90 Å². The smallest absolute Gasteiger partial charge is 0.211 e. The van der Waals surface area contributed by atoms with Gasteiger partial charge in [-0.2, -0.15) is 0 Å². The summed E-state index contributed by atoms with van der Waals surface area (Å²) in [6.45, 7) is 12.9. The summed E-state index contributed by atoms with van der Waals surface area (Å²) in [6.07, 6.45) is 0. The Morgan fingerprint density at radius 1 is 0.510 bits per heavy atom. The first-order valence-corrected chi connectivity index (χ1v) is 16.7. The van der Waals surface area contributed by atoms with Gasteiger partial charge >= 0.3 is 0 Å². The molecule has 8 aromatic rings. The number of para-hydroxylation sites is 5. The molecule has 0 bridgehead atoms. The minimum Gasteiger partial charge on any atom is -0.318 e. The van der Waals surface area contributed by atoms with Gasteiger partial charge in [0.15, 0.2) is 0 Å². The van der Waals surface area contributed by atoms with Crippen molar-refractivity contribution in [2.45, 2.75) is 19.3 Å². The standard InChI is InChI=1S/C46H33N3/c1-46(2)38-23-11-14-27-43(38)48(32-16-5-4-6-17-32)44-30-31(28-29-39(44)46)33-18-7-8-19-34(33)37-22-15-24-40(47-3)45(37)49-41-25-12-9-20-35(41)36-21-10-13-26-42(36)49/h4-30H,1-2H3. The zero-order chi connectivity index (χ0) is 33.1. The maximum absolute atomic E-state index is 8.29. The molecule has 2 heterocycles. The van der Waals surface area contributed by atoms with E-state index in [1.807, 2.05) is 12.1 Å². The Morgan fingerprint density at radius 3 is 1.84 bits per heavy atom. The monoisotopic (exact) mass is 627 g/mol. The zero-order valence-corrected chi connectivity index (χ0v) is 27.4. The number of aromatic nitrogens is 1. The Labute approximate surface area is 286 Å². The predicted molar refractivity (Wildman–Crippen MR) is 205 cm³/mol. The fraction of sp³-hybridized carbons (Fsp3) is 0.0652. The van der Waals surface area contributed by atoms with Gasteiger partial charge in [0, 0.05) is 21.9 Å². The first-order chi connectivity index (χ1) is 24.1. The average molecular weight is 628 g/mol. The first-order valence-electron chi connectivity index (χ1n) is 16.7. The lowest BCUT2D eigenvalue weighted by Crippen LogP contribution is -2.30. The lowest BCUT2D eigenvalue weighted by Gasteiger charge is -2.42. The van der Waals surface area contributed by atoms with E-state index in [-0.39, 0.29) is 5.41 Å². The van der Waals surface area contributed by atoms with Gasteiger partial charge in [0.1, 0.15) is 0 Å². The van der Waals surface area contributed by atoms with Gasteiger partial charge in [-0.25, -0.2) is 4.85 Å². The minimum absolute atomic E-state index is 0.178. The Balaban J connectivity index is 1.30. The molecule has 232 valence electrons. The van der Waals surface area contributed by atoms with E-state index in [0.29, 0.717) is 5.69 Å². The lowest BCUT2D eigenvalue weighted by atomic mass is 9.73. The molecular formula is C46H33N3. The van der Waals surface area contributed by atoms with Gasteiger partial charge in [0.25, 0.3) is 0 Å². The molecule has 0 radical (unpaired) electrons. The molecule has 0 unspecified atom stereocenters. The Hall–Kier alpha value is -6.37. The van der Waals surface area contributed by atoms with Crippen LogP contribution in [0.2, 0.25) is 0 Å².